The fourth-order valence-electron chi connectivity index (χ4n) is 3.10. The first-order valence-electron chi connectivity index (χ1n) is 11.6. The number of aryl methyl sites for hydroxylation is 1. The zero-order chi connectivity index (χ0) is 27.4. The summed E-state index contributed by atoms with van der Waals surface area (Å²) in [7, 11) is -7.58. The molecule has 1 aliphatic rings. The average Bonchev–Trinajstić information content (AvgIpc) is 2.98. The summed E-state index contributed by atoms with van der Waals surface area (Å²) < 4.78 is 77.7. The van der Waals surface area contributed by atoms with Gasteiger partial charge < -0.3 is 10.1 Å². The van der Waals surface area contributed by atoms with Crippen molar-refractivity contribution in [2.24, 2.45) is 0 Å². The van der Waals surface area contributed by atoms with Gasteiger partial charge in [0.05, 0.1) is 41.1 Å². The van der Waals surface area contributed by atoms with Gasteiger partial charge in [-0.15, -0.1) is 0 Å². The number of nitrogens with one attached hydrogen (secondary N) is 1. The second kappa shape index (κ2) is 7.91. The molecule has 2 aromatic rings. The number of imide groups is 1. The number of ether oxygens (including phenoxy) is 1. The molecule has 0 unspecified atom stereocenters. The van der Waals surface area contributed by atoms with Crippen molar-refractivity contribution in [3.05, 3.63) is 58.7 Å². The Morgan fingerprint density at radius 3 is 2.63 bits per heavy atom. The van der Waals surface area contributed by atoms with E-state index in [1.807, 2.05) is 0 Å². The van der Waals surface area contributed by atoms with E-state index < -0.39 is 51.9 Å². The number of amides is 3. The quantitative estimate of drug-likeness (QED) is 0.696. The van der Waals surface area contributed by atoms with Crippen molar-refractivity contribution in [3.63, 3.8) is 0 Å². The standard InChI is InChI=1S/C21H22N2O6S/c1-12-10-14(8-9-18(12)29-3)17(11-30(4,27)28)23-20(25)15-6-5-7-16(22-13(2)24)19(15)21(23)26/h5-10,17H,11H2,1-4H3,(H,22,24)/t17-/m1/s1/i3D3,11D2,17D. The highest BCUT2D eigenvalue weighted by Gasteiger charge is 2.43. The van der Waals surface area contributed by atoms with Gasteiger partial charge >= 0.3 is 0 Å². The molecule has 3 amide bonds. The molecule has 2 aromatic carbocycles. The van der Waals surface area contributed by atoms with Crippen LogP contribution in [0.15, 0.2) is 36.4 Å². The van der Waals surface area contributed by atoms with Crippen LogP contribution in [0.5, 0.6) is 5.75 Å². The van der Waals surface area contributed by atoms with Crippen molar-refractivity contribution in [2.45, 2.75) is 19.9 Å². The number of methoxy groups -OCH3 is 1. The first-order chi connectivity index (χ1) is 16.3. The third-order valence-electron chi connectivity index (χ3n) is 4.29. The summed E-state index contributed by atoms with van der Waals surface area (Å²) in [5.74, 6) is -3.06. The lowest BCUT2D eigenvalue weighted by atomic mass is 10.0. The predicted octanol–water partition coefficient (Wildman–Crippen LogP) is 2.34. The molecule has 30 heavy (non-hydrogen) atoms. The summed E-state index contributed by atoms with van der Waals surface area (Å²) in [4.78, 5) is 38.7. The summed E-state index contributed by atoms with van der Waals surface area (Å²) in [5, 5.41) is 2.39. The van der Waals surface area contributed by atoms with Gasteiger partial charge in [-0.3, -0.25) is 19.3 Å². The number of nitrogens with zero attached hydrogens (tertiary/aromatic N) is 1. The molecule has 0 saturated heterocycles. The van der Waals surface area contributed by atoms with Gasteiger partial charge in [-0.2, -0.15) is 0 Å². The van der Waals surface area contributed by atoms with Crippen LogP contribution in [0, 0.1) is 6.92 Å². The Labute approximate surface area is 183 Å². The predicted molar refractivity (Wildman–Crippen MR) is 111 cm³/mol. The number of carbonyl (C=O) groups excluding carboxylic acids is 3. The minimum atomic E-state index is -4.75. The largest absolute Gasteiger partial charge is 0.496 e. The van der Waals surface area contributed by atoms with Crippen molar-refractivity contribution < 1.29 is 35.8 Å². The molecule has 9 heteroatoms. The fraction of sp³-hybridized carbons (Fsp3) is 0.286. The molecule has 0 spiro atoms. The first kappa shape index (κ1) is 14.7. The molecule has 1 N–H and O–H groups in total. The highest BCUT2D eigenvalue weighted by Crippen LogP contribution is 2.36. The molecule has 158 valence electrons. The summed E-state index contributed by atoms with van der Waals surface area (Å²) in [6, 6.07) is 3.94. The average molecular weight is 437 g/mol. The molecule has 1 atom stereocenters. The molecule has 0 saturated carbocycles. The second-order valence-corrected chi connectivity index (χ2v) is 8.41. The second-order valence-electron chi connectivity index (χ2n) is 6.66. The Morgan fingerprint density at radius 1 is 1.30 bits per heavy atom. The number of benzene rings is 2. The smallest absolute Gasteiger partial charge is 0.264 e. The normalized spacial score (nSPS) is 19.4. The molecule has 0 radical (unpaired) electrons. The van der Waals surface area contributed by atoms with Gasteiger partial charge in [0.1, 0.15) is 15.6 Å². The molecular formula is C21H22N2O6S. The van der Waals surface area contributed by atoms with Crippen molar-refractivity contribution in [3.8, 4) is 5.75 Å². The molecule has 8 nitrogen and oxygen atoms in total. The van der Waals surface area contributed by atoms with Crippen LogP contribution in [0.1, 0.15) is 53.0 Å². The number of rotatable bonds is 6. The molecule has 0 fully saturated rings. The minimum absolute atomic E-state index is 0.0688. The van der Waals surface area contributed by atoms with E-state index >= 15 is 0 Å². The SMILES string of the molecule is [2H]C([2H])([2H])Oc1ccc([C@]([2H])(N2C(=O)c3cccc(NC(C)=O)c3C2=O)C([2H])([2H])S(C)(=O)=O)cc1C. The summed E-state index contributed by atoms with van der Waals surface area (Å²) in [5.41, 5.74) is -4.52. The van der Waals surface area contributed by atoms with Crippen molar-refractivity contribution in [1.82, 2.24) is 4.90 Å². The highest BCUT2D eigenvalue weighted by molar-refractivity contribution is 7.90. The van der Waals surface area contributed by atoms with Crippen LogP contribution in [0.25, 0.3) is 0 Å². The van der Waals surface area contributed by atoms with Crippen LogP contribution >= 0.6 is 0 Å². The van der Waals surface area contributed by atoms with Crippen molar-refractivity contribution in [2.75, 3.05) is 24.3 Å². The topological polar surface area (TPSA) is 110 Å². The van der Waals surface area contributed by atoms with Gasteiger partial charge in [0, 0.05) is 15.9 Å². The lowest BCUT2D eigenvalue weighted by molar-refractivity contribution is -0.114. The molecule has 3 rings (SSSR count). The van der Waals surface area contributed by atoms with E-state index in [4.69, 9.17) is 13.0 Å². The van der Waals surface area contributed by atoms with Crippen molar-refractivity contribution in [1.29, 1.82) is 0 Å². The van der Waals surface area contributed by atoms with Gasteiger partial charge in [0.15, 0.2) is 0 Å². The number of fused-ring (bicyclic) bond motifs is 1. The number of carbonyl (C=O) groups is 3. The van der Waals surface area contributed by atoms with Crippen LogP contribution in [0.4, 0.5) is 5.69 Å². The monoisotopic (exact) mass is 436 g/mol. The summed E-state index contributed by atoms with van der Waals surface area (Å²) in [6.45, 7) is 2.54. The number of anilines is 1. The molecule has 0 aromatic heterocycles. The van der Waals surface area contributed by atoms with Crippen LogP contribution < -0.4 is 10.1 Å². The zero-order valence-electron chi connectivity index (χ0n) is 22.3. The van der Waals surface area contributed by atoms with Gasteiger partial charge in [0.25, 0.3) is 11.8 Å². The van der Waals surface area contributed by atoms with Crippen LogP contribution in [0.2, 0.25) is 0 Å². The Morgan fingerprint density at radius 2 is 2.03 bits per heavy atom. The highest BCUT2D eigenvalue weighted by atomic mass is 32.2. The molecule has 1 aliphatic heterocycles. The summed E-state index contributed by atoms with van der Waals surface area (Å²) >= 11 is 0. The lowest BCUT2D eigenvalue weighted by Gasteiger charge is -2.26. The third kappa shape index (κ3) is 4.06. The van der Waals surface area contributed by atoms with Crippen LogP contribution in [-0.4, -0.2) is 50.0 Å². The van der Waals surface area contributed by atoms with Crippen molar-refractivity contribution >= 4 is 33.2 Å². The van der Waals surface area contributed by atoms with Gasteiger partial charge in [-0.25, -0.2) is 8.42 Å². The number of sulfone groups is 1. The first-order valence-corrected chi connectivity index (χ1v) is 10.5. The van der Waals surface area contributed by atoms with Gasteiger partial charge in [0.2, 0.25) is 5.91 Å². The third-order valence-corrected chi connectivity index (χ3v) is 4.85. The molecule has 1 heterocycles. The number of hydrogen-bond acceptors (Lipinski definition) is 6. The maximum Gasteiger partial charge on any atom is 0.264 e. The number of hydrogen-bond donors (Lipinski definition) is 1. The van der Waals surface area contributed by atoms with Gasteiger partial charge in [-0.1, -0.05) is 18.2 Å². The van der Waals surface area contributed by atoms with E-state index in [0.29, 0.717) is 6.26 Å². The molecular weight excluding hydrogens is 408 g/mol. The van der Waals surface area contributed by atoms with Crippen LogP contribution in [-0.2, 0) is 14.6 Å². The maximum absolute atomic E-state index is 13.5. The summed E-state index contributed by atoms with van der Waals surface area (Å²) in [6.07, 6.45) is 0.524. The van der Waals surface area contributed by atoms with Crippen LogP contribution in [0.3, 0.4) is 0 Å². The zero-order valence-corrected chi connectivity index (χ0v) is 17.1. The van der Waals surface area contributed by atoms with E-state index in [1.54, 1.807) is 0 Å². The lowest BCUT2D eigenvalue weighted by Crippen LogP contribution is -2.37. The maximum atomic E-state index is 13.5. The van der Waals surface area contributed by atoms with E-state index in [-0.39, 0.29) is 33.0 Å². The van der Waals surface area contributed by atoms with E-state index in [1.165, 1.54) is 32.0 Å². The van der Waals surface area contributed by atoms with E-state index in [2.05, 4.69) is 5.32 Å². The van der Waals surface area contributed by atoms with Gasteiger partial charge in [-0.05, 0) is 36.2 Å². The Balaban J connectivity index is 2.29. The molecule has 0 aliphatic carbocycles. The Kier molecular flexibility index (Phi) is 3.88. The van der Waals surface area contributed by atoms with E-state index in [9.17, 15) is 22.8 Å². The fourth-order valence-corrected chi connectivity index (χ4v) is 3.66. The van der Waals surface area contributed by atoms with E-state index in [0.717, 1.165) is 18.2 Å². The minimum Gasteiger partial charge on any atom is -0.496 e. The molecule has 0 bridgehead atoms. The Hall–Kier alpha value is -3.20. The Bertz CT molecular complexity index is 1390.